The van der Waals surface area contributed by atoms with Crippen molar-refractivity contribution >= 4 is 58.2 Å². The molecule has 1 N–H and O–H groups in total. The highest BCUT2D eigenvalue weighted by atomic mass is 35.5. The first-order chi connectivity index (χ1) is 19.1. The summed E-state index contributed by atoms with van der Waals surface area (Å²) in [5.41, 5.74) is 1.91. The number of amides is 2. The molecule has 1 saturated heterocycles. The molecule has 1 fully saturated rings. The number of nitrogens with zero attached hydrogens (tertiary/aromatic N) is 5. The smallest absolute Gasteiger partial charge is 0.410 e. The number of halogens is 2. The summed E-state index contributed by atoms with van der Waals surface area (Å²) in [7, 11) is 0. The fourth-order valence-corrected chi connectivity index (χ4v) is 5.10. The summed E-state index contributed by atoms with van der Waals surface area (Å²) in [4.78, 5) is 39.7. The van der Waals surface area contributed by atoms with E-state index in [-0.39, 0.29) is 30.2 Å². The summed E-state index contributed by atoms with van der Waals surface area (Å²) >= 11 is 12.6. The minimum Gasteiger partial charge on any atom is -0.455 e. The Morgan fingerprint density at radius 3 is 2.45 bits per heavy atom. The number of anilines is 4. The van der Waals surface area contributed by atoms with Gasteiger partial charge in [0, 0.05) is 43.8 Å². The molecule has 0 atom stereocenters. The highest BCUT2D eigenvalue weighted by molar-refractivity contribution is 6.40. The molecule has 2 amide bonds. The average molecular weight is 585 g/mol. The number of hydrogen-bond donors (Lipinski definition) is 1. The molecule has 2 aliphatic heterocycles. The zero-order valence-corrected chi connectivity index (χ0v) is 24.0. The summed E-state index contributed by atoms with van der Waals surface area (Å²) in [6.07, 6.45) is 2.00. The van der Waals surface area contributed by atoms with Gasteiger partial charge in [0.15, 0.2) is 6.73 Å². The summed E-state index contributed by atoms with van der Waals surface area (Å²) < 4.78 is 11.3. The zero-order chi connectivity index (χ0) is 28.4. The van der Waals surface area contributed by atoms with Gasteiger partial charge in [0.05, 0.1) is 15.7 Å². The number of rotatable bonds is 4. The minimum absolute atomic E-state index is 0.0817. The fourth-order valence-electron chi connectivity index (χ4n) is 4.50. The van der Waals surface area contributed by atoms with Crippen LogP contribution in [0.5, 0.6) is 5.88 Å². The van der Waals surface area contributed by atoms with E-state index >= 15 is 0 Å². The lowest BCUT2D eigenvalue weighted by Gasteiger charge is -2.29. The van der Waals surface area contributed by atoms with Crippen molar-refractivity contribution in [3.8, 4) is 5.88 Å². The van der Waals surface area contributed by atoms with Gasteiger partial charge in [-0.3, -0.25) is 9.69 Å². The topological polar surface area (TPSA) is 100 Å². The molecule has 5 rings (SSSR count). The quantitative estimate of drug-likeness (QED) is 0.400. The monoisotopic (exact) mass is 584 g/mol. The van der Waals surface area contributed by atoms with Gasteiger partial charge in [-0.2, -0.15) is 4.98 Å². The number of nitrogens with one attached hydrogen (secondary N) is 1. The third-order valence-corrected chi connectivity index (χ3v) is 7.01. The predicted molar refractivity (Wildman–Crippen MR) is 155 cm³/mol. The molecular weight excluding hydrogens is 555 g/mol. The van der Waals surface area contributed by atoms with Crippen molar-refractivity contribution in [2.45, 2.75) is 32.8 Å². The Kier molecular flexibility index (Phi) is 7.91. The number of hydrogen-bond acceptors (Lipinski definition) is 8. The van der Waals surface area contributed by atoms with Crippen molar-refractivity contribution in [1.29, 1.82) is 0 Å². The van der Waals surface area contributed by atoms with E-state index < -0.39 is 5.60 Å². The van der Waals surface area contributed by atoms with E-state index in [0.29, 0.717) is 41.3 Å². The molecule has 40 heavy (non-hydrogen) atoms. The summed E-state index contributed by atoms with van der Waals surface area (Å²) in [6, 6.07) is 12.9. The molecule has 0 radical (unpaired) electrons. The normalized spacial score (nSPS) is 15.7. The van der Waals surface area contributed by atoms with E-state index in [1.165, 1.54) is 11.1 Å². The average Bonchev–Trinajstić information content (AvgIpc) is 3.16. The maximum atomic E-state index is 13.1. The maximum Gasteiger partial charge on any atom is 0.410 e. The van der Waals surface area contributed by atoms with Crippen LogP contribution in [0, 0.1) is 0 Å². The Morgan fingerprint density at radius 2 is 1.75 bits per heavy atom. The molecule has 3 heterocycles. The van der Waals surface area contributed by atoms with E-state index in [4.69, 9.17) is 32.7 Å². The van der Waals surface area contributed by atoms with Crippen LogP contribution in [0.2, 0.25) is 10.0 Å². The van der Waals surface area contributed by atoms with Gasteiger partial charge >= 0.3 is 6.09 Å². The van der Waals surface area contributed by atoms with Crippen LogP contribution in [0.1, 0.15) is 37.6 Å². The fraction of sp³-hybridized carbons (Fsp3) is 0.357. The molecule has 0 aliphatic carbocycles. The number of aromatic nitrogens is 2. The van der Waals surface area contributed by atoms with Crippen molar-refractivity contribution in [3.05, 3.63) is 64.3 Å². The molecule has 0 bridgehead atoms. The largest absolute Gasteiger partial charge is 0.455 e. The van der Waals surface area contributed by atoms with Gasteiger partial charge < -0.3 is 24.6 Å². The summed E-state index contributed by atoms with van der Waals surface area (Å²) in [5, 5.41) is 3.85. The molecule has 0 unspecified atom stereocenters. The Bertz CT molecular complexity index is 1390. The van der Waals surface area contributed by atoms with Crippen molar-refractivity contribution in [1.82, 2.24) is 14.9 Å². The van der Waals surface area contributed by atoms with Gasteiger partial charge in [-0.05, 0) is 63.6 Å². The summed E-state index contributed by atoms with van der Waals surface area (Å²) in [5.74, 6) is 0.124. The second kappa shape index (κ2) is 11.4. The van der Waals surface area contributed by atoms with Crippen LogP contribution in [-0.4, -0.2) is 65.4 Å². The molecule has 12 heteroatoms. The van der Waals surface area contributed by atoms with Gasteiger partial charge in [0.25, 0.3) is 5.91 Å². The van der Waals surface area contributed by atoms with Crippen LogP contribution in [0.4, 0.5) is 27.8 Å². The predicted octanol–water partition coefficient (Wildman–Crippen LogP) is 5.97. The van der Waals surface area contributed by atoms with Gasteiger partial charge in [0.2, 0.25) is 11.8 Å². The first kappa shape index (κ1) is 27.8. The van der Waals surface area contributed by atoms with E-state index in [1.54, 1.807) is 23.1 Å². The highest BCUT2D eigenvalue weighted by Gasteiger charge is 2.31. The van der Waals surface area contributed by atoms with E-state index in [1.807, 2.05) is 45.0 Å². The number of para-hydroxylation sites is 1. The minimum atomic E-state index is -0.513. The molecule has 2 aliphatic rings. The van der Waals surface area contributed by atoms with Crippen LogP contribution in [0.25, 0.3) is 0 Å². The van der Waals surface area contributed by atoms with Crippen LogP contribution in [0.15, 0.2) is 48.7 Å². The SMILES string of the molecule is CC(C)(C)OC(=O)N1CCCN(c2ccc(Nc3ncc4c(n3)OCN(c3c(Cl)cccc3Cl)C4=O)cc2)CC1. The number of carbonyl (C=O) groups excluding carboxylic acids is 2. The highest BCUT2D eigenvalue weighted by Crippen LogP contribution is 2.37. The Labute approximate surface area is 242 Å². The molecular formula is C28H30Cl2N6O4. The van der Waals surface area contributed by atoms with Crippen LogP contribution >= 0.6 is 23.2 Å². The lowest BCUT2D eigenvalue weighted by molar-refractivity contribution is 0.0263. The Balaban J connectivity index is 1.22. The van der Waals surface area contributed by atoms with Crippen LogP contribution in [0.3, 0.4) is 0 Å². The molecule has 210 valence electrons. The van der Waals surface area contributed by atoms with Crippen molar-refractivity contribution in [3.63, 3.8) is 0 Å². The van der Waals surface area contributed by atoms with E-state index in [0.717, 1.165) is 24.3 Å². The number of benzene rings is 2. The standard InChI is InChI=1S/C28H30Cl2N6O4/c1-28(2,3)40-27(38)35-13-5-12-34(14-15-35)19-10-8-18(9-11-19)32-26-31-16-20-24(33-26)39-17-36(25(20)37)23-21(29)6-4-7-22(23)30/h4,6-11,16H,5,12-15,17H2,1-3H3,(H,31,32,33). The molecule has 0 saturated carbocycles. The van der Waals surface area contributed by atoms with Crippen LogP contribution in [-0.2, 0) is 4.74 Å². The van der Waals surface area contributed by atoms with Gasteiger partial charge in [-0.15, -0.1) is 0 Å². The number of fused-ring (bicyclic) bond motifs is 1. The molecule has 0 spiro atoms. The van der Waals surface area contributed by atoms with Crippen LogP contribution < -0.4 is 19.9 Å². The lowest BCUT2D eigenvalue weighted by Crippen LogP contribution is -2.39. The van der Waals surface area contributed by atoms with E-state index in [2.05, 4.69) is 20.2 Å². The molecule has 3 aromatic rings. The number of ether oxygens (including phenoxy) is 2. The third kappa shape index (κ3) is 6.18. The Morgan fingerprint density at radius 1 is 1.02 bits per heavy atom. The zero-order valence-electron chi connectivity index (χ0n) is 22.5. The number of carbonyl (C=O) groups is 2. The van der Waals surface area contributed by atoms with Crippen molar-refractivity contribution in [2.75, 3.05) is 48.0 Å². The Hall–Kier alpha value is -3.76. The molecule has 10 nitrogen and oxygen atoms in total. The first-order valence-electron chi connectivity index (χ1n) is 12.9. The third-order valence-electron chi connectivity index (χ3n) is 6.40. The first-order valence-corrected chi connectivity index (χ1v) is 13.7. The van der Waals surface area contributed by atoms with E-state index in [9.17, 15) is 9.59 Å². The summed E-state index contributed by atoms with van der Waals surface area (Å²) in [6.45, 7) is 8.34. The van der Waals surface area contributed by atoms with Gasteiger partial charge in [-0.25, -0.2) is 9.78 Å². The second-order valence-corrected chi connectivity index (χ2v) is 11.3. The van der Waals surface area contributed by atoms with Gasteiger partial charge in [-0.1, -0.05) is 29.3 Å². The van der Waals surface area contributed by atoms with Crippen molar-refractivity contribution in [2.24, 2.45) is 0 Å². The lowest BCUT2D eigenvalue weighted by atomic mass is 10.2. The van der Waals surface area contributed by atoms with Gasteiger partial charge in [0.1, 0.15) is 11.2 Å². The second-order valence-electron chi connectivity index (χ2n) is 10.5. The maximum absolute atomic E-state index is 13.1. The van der Waals surface area contributed by atoms with Crippen molar-refractivity contribution < 1.29 is 19.1 Å². The molecule has 1 aromatic heterocycles. The molecule has 2 aromatic carbocycles.